The molecule has 0 aliphatic carbocycles. The van der Waals surface area contributed by atoms with Gasteiger partial charge in [0.25, 0.3) is 0 Å². The maximum absolute atomic E-state index is 12.9. The highest BCUT2D eigenvalue weighted by molar-refractivity contribution is 5.81. The van der Waals surface area contributed by atoms with Gasteiger partial charge in [0.05, 0.1) is 39.0 Å². The number of ether oxygens (including phenoxy) is 2. The molecule has 34 heavy (non-hydrogen) atoms. The Bertz CT molecular complexity index is 922. The number of hydrogen-bond donors (Lipinski definition) is 3. The minimum Gasteiger partial charge on any atom is -0.490 e. The molecule has 1 atom stereocenters. The van der Waals surface area contributed by atoms with E-state index in [2.05, 4.69) is 10.6 Å². The van der Waals surface area contributed by atoms with Gasteiger partial charge in [-0.3, -0.25) is 14.5 Å². The van der Waals surface area contributed by atoms with Crippen molar-refractivity contribution in [3.63, 3.8) is 0 Å². The van der Waals surface area contributed by atoms with Crippen LogP contribution in [0.5, 0.6) is 11.5 Å². The van der Waals surface area contributed by atoms with Crippen molar-refractivity contribution in [2.24, 2.45) is 0 Å². The number of aliphatic hydroxyl groups is 1. The summed E-state index contributed by atoms with van der Waals surface area (Å²) >= 11 is 0. The Morgan fingerprint density at radius 3 is 2.74 bits per heavy atom. The smallest absolute Gasteiger partial charge is 0.234 e. The normalized spacial score (nSPS) is 16.5. The van der Waals surface area contributed by atoms with E-state index in [0.717, 1.165) is 30.4 Å². The molecule has 2 aromatic carbocycles. The van der Waals surface area contributed by atoms with Crippen LogP contribution in [0.2, 0.25) is 0 Å². The summed E-state index contributed by atoms with van der Waals surface area (Å²) in [6.07, 6.45) is 2.69. The van der Waals surface area contributed by atoms with Gasteiger partial charge in [-0.05, 0) is 37.8 Å². The van der Waals surface area contributed by atoms with Gasteiger partial charge >= 0.3 is 0 Å². The molecule has 1 aliphatic heterocycles. The van der Waals surface area contributed by atoms with Crippen molar-refractivity contribution in [3.8, 4) is 11.5 Å². The molecular formula is C26H35N3O5. The van der Waals surface area contributed by atoms with Crippen molar-refractivity contribution in [2.45, 2.75) is 38.8 Å². The maximum atomic E-state index is 12.9. The standard InChI is InChI=1S/C26H35N3O5/c1-2-33-23-13-9-12-21-16-29(17-24(31)27-14-7-4-8-15-34-26(21)23)18-25(32)28-22(19-30)20-10-5-3-6-11-20/h3,5-6,9-13,22,30H,2,4,7-8,14-19H2,1H3,(H,27,31)(H,28,32)/t22-/m1/s1. The summed E-state index contributed by atoms with van der Waals surface area (Å²) in [4.78, 5) is 27.3. The highest BCUT2D eigenvalue weighted by Crippen LogP contribution is 2.32. The first-order chi connectivity index (χ1) is 16.6. The van der Waals surface area contributed by atoms with Crippen molar-refractivity contribution in [3.05, 3.63) is 59.7 Å². The van der Waals surface area contributed by atoms with Crippen LogP contribution in [0.25, 0.3) is 0 Å². The molecule has 3 rings (SSSR count). The average Bonchev–Trinajstić information content (AvgIpc) is 2.85. The number of hydrogen-bond acceptors (Lipinski definition) is 6. The van der Waals surface area contributed by atoms with Gasteiger partial charge in [-0.15, -0.1) is 0 Å². The van der Waals surface area contributed by atoms with Gasteiger partial charge in [0, 0.05) is 18.7 Å². The zero-order valence-electron chi connectivity index (χ0n) is 19.8. The van der Waals surface area contributed by atoms with Crippen molar-refractivity contribution in [2.75, 3.05) is 39.5 Å². The Labute approximate surface area is 201 Å². The minimum absolute atomic E-state index is 0.00490. The number of amides is 2. The van der Waals surface area contributed by atoms with E-state index in [4.69, 9.17) is 9.47 Å². The van der Waals surface area contributed by atoms with Crippen LogP contribution in [0, 0.1) is 0 Å². The quantitative estimate of drug-likeness (QED) is 0.576. The molecule has 0 radical (unpaired) electrons. The Balaban J connectivity index is 1.79. The van der Waals surface area contributed by atoms with Gasteiger partial charge in [-0.2, -0.15) is 0 Å². The molecule has 2 amide bonds. The minimum atomic E-state index is -0.515. The van der Waals surface area contributed by atoms with E-state index in [1.165, 1.54) is 0 Å². The highest BCUT2D eigenvalue weighted by atomic mass is 16.5. The number of carbonyl (C=O) groups is 2. The van der Waals surface area contributed by atoms with Crippen LogP contribution >= 0.6 is 0 Å². The molecule has 0 fully saturated rings. The molecule has 3 N–H and O–H groups in total. The van der Waals surface area contributed by atoms with Crippen LogP contribution in [0.15, 0.2) is 48.5 Å². The fraction of sp³-hybridized carbons (Fsp3) is 0.462. The fourth-order valence-electron chi connectivity index (χ4n) is 3.96. The molecule has 0 spiro atoms. The Morgan fingerprint density at radius 1 is 1.15 bits per heavy atom. The first-order valence-corrected chi connectivity index (χ1v) is 11.9. The molecule has 1 aliphatic rings. The van der Waals surface area contributed by atoms with E-state index in [1.807, 2.05) is 55.5 Å². The molecule has 0 unspecified atom stereocenters. The predicted octanol–water partition coefficient (Wildman–Crippen LogP) is 2.42. The number of rotatable bonds is 7. The van der Waals surface area contributed by atoms with Gasteiger partial charge in [-0.1, -0.05) is 42.5 Å². The number of para-hydroxylation sites is 1. The number of fused-ring (bicyclic) bond motifs is 1. The zero-order chi connectivity index (χ0) is 24.2. The predicted molar refractivity (Wildman–Crippen MR) is 130 cm³/mol. The molecule has 0 saturated heterocycles. The summed E-state index contributed by atoms with van der Waals surface area (Å²) in [5.74, 6) is 0.917. The lowest BCUT2D eigenvalue weighted by molar-refractivity contribution is -0.126. The van der Waals surface area contributed by atoms with E-state index < -0.39 is 6.04 Å². The van der Waals surface area contributed by atoms with Gasteiger partial charge in [0.1, 0.15) is 0 Å². The van der Waals surface area contributed by atoms with Crippen LogP contribution in [0.1, 0.15) is 43.4 Å². The number of benzene rings is 2. The van der Waals surface area contributed by atoms with Gasteiger partial charge < -0.3 is 25.2 Å². The summed E-state index contributed by atoms with van der Waals surface area (Å²) in [5.41, 5.74) is 1.67. The van der Waals surface area contributed by atoms with Crippen LogP contribution in [-0.4, -0.2) is 61.3 Å². The monoisotopic (exact) mass is 469 g/mol. The third kappa shape index (κ3) is 7.74. The fourth-order valence-corrected chi connectivity index (χ4v) is 3.96. The Kier molecular flexibility index (Phi) is 10.2. The molecule has 1 heterocycles. The van der Waals surface area contributed by atoms with E-state index >= 15 is 0 Å². The van der Waals surface area contributed by atoms with E-state index in [9.17, 15) is 14.7 Å². The second-order valence-corrected chi connectivity index (χ2v) is 8.30. The molecule has 0 saturated carbocycles. The third-order valence-electron chi connectivity index (χ3n) is 5.60. The molecule has 0 aromatic heterocycles. The summed E-state index contributed by atoms with van der Waals surface area (Å²) in [7, 11) is 0. The lowest BCUT2D eigenvalue weighted by atomic mass is 10.1. The van der Waals surface area contributed by atoms with Crippen molar-refractivity contribution in [1.82, 2.24) is 15.5 Å². The second kappa shape index (κ2) is 13.6. The lowest BCUT2D eigenvalue weighted by Crippen LogP contribution is -2.44. The van der Waals surface area contributed by atoms with E-state index in [0.29, 0.717) is 37.8 Å². The zero-order valence-corrected chi connectivity index (χ0v) is 19.8. The summed E-state index contributed by atoms with van der Waals surface area (Å²) in [5, 5.41) is 15.6. The van der Waals surface area contributed by atoms with Gasteiger partial charge in [0.2, 0.25) is 11.8 Å². The number of carbonyl (C=O) groups excluding carboxylic acids is 2. The van der Waals surface area contributed by atoms with Gasteiger partial charge in [0.15, 0.2) is 11.5 Å². The molecule has 184 valence electrons. The summed E-state index contributed by atoms with van der Waals surface area (Å²) in [6.45, 7) is 3.77. The molecule has 0 bridgehead atoms. The van der Waals surface area contributed by atoms with Crippen molar-refractivity contribution >= 4 is 11.8 Å². The molecule has 8 nitrogen and oxygen atoms in total. The van der Waals surface area contributed by atoms with Crippen LogP contribution < -0.4 is 20.1 Å². The summed E-state index contributed by atoms with van der Waals surface area (Å²) in [6, 6.07) is 14.5. The Morgan fingerprint density at radius 2 is 1.97 bits per heavy atom. The SMILES string of the molecule is CCOc1cccc2c1OCCCCCNC(=O)CN(CC(=O)N[C@H](CO)c1ccccc1)C2. The van der Waals surface area contributed by atoms with Crippen molar-refractivity contribution in [1.29, 1.82) is 0 Å². The Hall–Kier alpha value is -3.10. The topological polar surface area (TPSA) is 100 Å². The van der Waals surface area contributed by atoms with Crippen LogP contribution in [0.4, 0.5) is 0 Å². The number of nitrogens with one attached hydrogen (secondary N) is 2. The number of aliphatic hydroxyl groups excluding tert-OH is 1. The largest absolute Gasteiger partial charge is 0.490 e. The van der Waals surface area contributed by atoms with E-state index in [-0.39, 0.29) is 31.5 Å². The summed E-state index contributed by atoms with van der Waals surface area (Å²) < 4.78 is 11.9. The molecular weight excluding hydrogens is 434 g/mol. The van der Waals surface area contributed by atoms with Gasteiger partial charge in [-0.25, -0.2) is 0 Å². The molecule has 8 heteroatoms. The second-order valence-electron chi connectivity index (χ2n) is 8.30. The maximum Gasteiger partial charge on any atom is 0.234 e. The third-order valence-corrected chi connectivity index (χ3v) is 5.60. The lowest BCUT2D eigenvalue weighted by Gasteiger charge is -2.25. The average molecular weight is 470 g/mol. The van der Waals surface area contributed by atoms with E-state index in [1.54, 1.807) is 4.90 Å². The first-order valence-electron chi connectivity index (χ1n) is 11.9. The molecule has 2 aromatic rings. The first kappa shape index (κ1) is 25.5. The van der Waals surface area contributed by atoms with Crippen LogP contribution in [0.3, 0.4) is 0 Å². The highest BCUT2D eigenvalue weighted by Gasteiger charge is 2.21. The van der Waals surface area contributed by atoms with Crippen LogP contribution in [-0.2, 0) is 16.1 Å². The van der Waals surface area contributed by atoms with Crippen molar-refractivity contribution < 1.29 is 24.2 Å². The number of nitrogens with zero attached hydrogens (tertiary/aromatic N) is 1.